The van der Waals surface area contributed by atoms with Gasteiger partial charge in [-0.1, -0.05) is 31.5 Å². The van der Waals surface area contributed by atoms with Gasteiger partial charge in [0.05, 0.1) is 4.90 Å². The Kier molecular flexibility index (Phi) is 13.4. The van der Waals surface area contributed by atoms with Crippen molar-refractivity contribution in [3.63, 3.8) is 0 Å². The highest BCUT2D eigenvalue weighted by Crippen LogP contribution is 2.17. The van der Waals surface area contributed by atoms with Crippen LogP contribution in [0.4, 0.5) is 0 Å². The summed E-state index contributed by atoms with van der Waals surface area (Å²) in [5, 5.41) is 12.7. The standard InChI is InChI=1S/C21H40N4O2S/c1-4-22-16-8-17-23-14-6-7-15-24-18-13-21(25-5-2)28(26,27)20-11-9-19(3)10-12-20/h9-12,21-25H,4-8,13-18H2,1-3H3. The molecule has 162 valence electrons. The Bertz CT molecular complexity index is 605. The molecular weight excluding hydrogens is 372 g/mol. The van der Waals surface area contributed by atoms with Crippen LogP contribution in [0, 0.1) is 6.92 Å². The van der Waals surface area contributed by atoms with E-state index in [-0.39, 0.29) is 0 Å². The van der Waals surface area contributed by atoms with E-state index < -0.39 is 15.2 Å². The zero-order valence-corrected chi connectivity index (χ0v) is 18.7. The third kappa shape index (κ3) is 9.98. The summed E-state index contributed by atoms with van der Waals surface area (Å²) in [6.45, 7) is 12.5. The molecule has 1 atom stereocenters. The normalized spacial score (nSPS) is 13.0. The summed E-state index contributed by atoms with van der Waals surface area (Å²) < 4.78 is 25.7. The van der Waals surface area contributed by atoms with E-state index >= 15 is 0 Å². The van der Waals surface area contributed by atoms with Crippen molar-refractivity contribution in [3.05, 3.63) is 29.8 Å². The SMILES string of the molecule is CCNCCCNCCCCNCCC(NCC)S(=O)(=O)c1ccc(C)cc1. The summed E-state index contributed by atoms with van der Waals surface area (Å²) in [5.74, 6) is 0. The summed E-state index contributed by atoms with van der Waals surface area (Å²) in [7, 11) is -3.36. The van der Waals surface area contributed by atoms with E-state index in [0.717, 1.165) is 57.5 Å². The number of sulfone groups is 1. The van der Waals surface area contributed by atoms with Gasteiger partial charge in [0.25, 0.3) is 0 Å². The van der Waals surface area contributed by atoms with Gasteiger partial charge in [-0.05, 0) is 90.6 Å². The molecule has 1 unspecified atom stereocenters. The molecule has 6 nitrogen and oxygen atoms in total. The van der Waals surface area contributed by atoms with Crippen LogP contribution in [0.2, 0.25) is 0 Å². The minimum absolute atomic E-state index is 0.393. The van der Waals surface area contributed by atoms with Gasteiger partial charge in [0.1, 0.15) is 5.37 Å². The van der Waals surface area contributed by atoms with E-state index in [4.69, 9.17) is 0 Å². The van der Waals surface area contributed by atoms with Crippen LogP contribution in [0.15, 0.2) is 29.2 Å². The smallest absolute Gasteiger partial charge is 0.194 e. The maximum atomic E-state index is 12.9. The molecule has 28 heavy (non-hydrogen) atoms. The maximum Gasteiger partial charge on any atom is 0.194 e. The second-order valence-corrected chi connectivity index (χ2v) is 9.24. The van der Waals surface area contributed by atoms with Gasteiger partial charge >= 0.3 is 0 Å². The molecule has 0 saturated carbocycles. The Balaban J connectivity index is 2.23. The topological polar surface area (TPSA) is 82.3 Å². The van der Waals surface area contributed by atoms with Crippen molar-refractivity contribution in [2.45, 2.75) is 56.7 Å². The van der Waals surface area contributed by atoms with Crippen LogP contribution < -0.4 is 21.3 Å². The molecule has 1 aromatic carbocycles. The van der Waals surface area contributed by atoms with Crippen molar-refractivity contribution in [3.8, 4) is 0 Å². The van der Waals surface area contributed by atoms with Crippen molar-refractivity contribution in [1.82, 2.24) is 21.3 Å². The van der Waals surface area contributed by atoms with Crippen LogP contribution in [0.3, 0.4) is 0 Å². The highest BCUT2D eigenvalue weighted by molar-refractivity contribution is 7.92. The van der Waals surface area contributed by atoms with Crippen LogP contribution in [0.25, 0.3) is 0 Å². The van der Waals surface area contributed by atoms with E-state index in [2.05, 4.69) is 28.2 Å². The molecule has 4 N–H and O–H groups in total. The first kappa shape index (κ1) is 25.0. The molecular formula is C21H40N4O2S. The average Bonchev–Trinajstić information content (AvgIpc) is 2.68. The molecule has 1 rings (SSSR count). The highest BCUT2D eigenvalue weighted by Gasteiger charge is 2.26. The number of hydrogen-bond acceptors (Lipinski definition) is 6. The van der Waals surface area contributed by atoms with Gasteiger partial charge in [-0.2, -0.15) is 0 Å². The van der Waals surface area contributed by atoms with E-state index in [0.29, 0.717) is 24.4 Å². The van der Waals surface area contributed by atoms with Gasteiger partial charge in [-0.3, -0.25) is 0 Å². The lowest BCUT2D eigenvalue weighted by Crippen LogP contribution is -2.39. The number of unbranched alkanes of at least 4 members (excludes halogenated alkanes) is 1. The van der Waals surface area contributed by atoms with Crippen molar-refractivity contribution >= 4 is 9.84 Å². The molecule has 7 heteroatoms. The van der Waals surface area contributed by atoms with Gasteiger partial charge in [-0.25, -0.2) is 8.42 Å². The number of aryl methyl sites for hydroxylation is 1. The van der Waals surface area contributed by atoms with Gasteiger partial charge in [0.15, 0.2) is 9.84 Å². The molecule has 0 radical (unpaired) electrons. The first-order valence-electron chi connectivity index (χ1n) is 10.7. The van der Waals surface area contributed by atoms with E-state index in [1.54, 1.807) is 12.1 Å². The summed E-state index contributed by atoms with van der Waals surface area (Å²) in [6, 6.07) is 7.10. The minimum Gasteiger partial charge on any atom is -0.317 e. The fourth-order valence-electron chi connectivity index (χ4n) is 2.99. The minimum atomic E-state index is -3.36. The lowest BCUT2D eigenvalue weighted by Gasteiger charge is -2.19. The van der Waals surface area contributed by atoms with Gasteiger partial charge in [-0.15, -0.1) is 0 Å². The lowest BCUT2D eigenvalue weighted by atomic mass is 10.2. The van der Waals surface area contributed by atoms with Gasteiger partial charge in [0.2, 0.25) is 0 Å². The lowest BCUT2D eigenvalue weighted by molar-refractivity contribution is 0.514. The van der Waals surface area contributed by atoms with Crippen molar-refractivity contribution < 1.29 is 8.42 Å². The highest BCUT2D eigenvalue weighted by atomic mass is 32.2. The fraction of sp³-hybridized carbons (Fsp3) is 0.714. The molecule has 0 fully saturated rings. The Morgan fingerprint density at radius 1 is 0.786 bits per heavy atom. The monoisotopic (exact) mass is 412 g/mol. The van der Waals surface area contributed by atoms with Crippen LogP contribution in [0.5, 0.6) is 0 Å². The first-order valence-corrected chi connectivity index (χ1v) is 12.2. The van der Waals surface area contributed by atoms with Crippen molar-refractivity contribution in [2.24, 2.45) is 0 Å². The van der Waals surface area contributed by atoms with E-state index in [9.17, 15) is 8.42 Å². The zero-order valence-electron chi connectivity index (χ0n) is 17.9. The number of benzene rings is 1. The molecule has 0 saturated heterocycles. The predicted octanol–water partition coefficient (Wildman–Crippen LogP) is 2.05. The molecule has 0 amide bonds. The summed E-state index contributed by atoms with van der Waals surface area (Å²) in [6.07, 6.45) is 3.95. The molecule has 0 aliphatic carbocycles. The zero-order chi connectivity index (χ0) is 20.7. The third-order valence-corrected chi connectivity index (χ3v) is 6.73. The molecule has 0 aromatic heterocycles. The number of rotatable bonds is 17. The number of hydrogen-bond donors (Lipinski definition) is 4. The maximum absolute atomic E-state index is 12.9. The largest absolute Gasteiger partial charge is 0.317 e. The van der Waals surface area contributed by atoms with E-state index in [1.807, 2.05) is 26.0 Å². The second-order valence-electron chi connectivity index (χ2n) is 7.11. The summed E-state index contributed by atoms with van der Waals surface area (Å²) in [5.41, 5.74) is 1.06. The Labute approximate surface area is 172 Å². The van der Waals surface area contributed by atoms with Crippen LogP contribution in [-0.4, -0.2) is 59.6 Å². The first-order chi connectivity index (χ1) is 13.5. The van der Waals surface area contributed by atoms with Crippen LogP contribution >= 0.6 is 0 Å². The predicted molar refractivity (Wildman–Crippen MR) is 119 cm³/mol. The summed E-state index contributed by atoms with van der Waals surface area (Å²) in [4.78, 5) is 0.393. The quantitative estimate of drug-likeness (QED) is 0.293. The Hall–Kier alpha value is -0.990. The summed E-state index contributed by atoms with van der Waals surface area (Å²) >= 11 is 0. The van der Waals surface area contributed by atoms with Gasteiger partial charge in [0, 0.05) is 0 Å². The number of nitrogens with one attached hydrogen (secondary N) is 4. The van der Waals surface area contributed by atoms with Crippen molar-refractivity contribution in [2.75, 3.05) is 45.8 Å². The Morgan fingerprint density at radius 3 is 1.96 bits per heavy atom. The van der Waals surface area contributed by atoms with E-state index in [1.165, 1.54) is 0 Å². The molecule has 0 heterocycles. The fourth-order valence-corrected chi connectivity index (χ4v) is 4.64. The molecule has 0 aliphatic heterocycles. The third-order valence-electron chi connectivity index (χ3n) is 4.65. The molecule has 0 bridgehead atoms. The average molecular weight is 413 g/mol. The second kappa shape index (κ2) is 14.9. The molecule has 0 spiro atoms. The molecule has 0 aliphatic rings. The van der Waals surface area contributed by atoms with Gasteiger partial charge < -0.3 is 21.3 Å². The molecule has 1 aromatic rings. The Morgan fingerprint density at radius 2 is 1.36 bits per heavy atom. The van der Waals surface area contributed by atoms with Crippen LogP contribution in [-0.2, 0) is 9.84 Å². The van der Waals surface area contributed by atoms with Crippen molar-refractivity contribution in [1.29, 1.82) is 0 Å². The van der Waals surface area contributed by atoms with Crippen LogP contribution in [0.1, 0.15) is 45.1 Å².